The van der Waals surface area contributed by atoms with Crippen LogP contribution in [0.2, 0.25) is 0 Å². The monoisotopic (exact) mass is 1180 g/mol. The number of quaternary nitrogens is 1. The highest BCUT2D eigenvalue weighted by atomic mass is 31.2. The molecule has 0 aliphatic rings. The van der Waals surface area contributed by atoms with Crippen molar-refractivity contribution in [3.8, 4) is 0 Å². The van der Waals surface area contributed by atoms with Gasteiger partial charge in [-0.3, -0.25) is 13.8 Å². The van der Waals surface area contributed by atoms with E-state index in [2.05, 4.69) is 43.5 Å². The van der Waals surface area contributed by atoms with Crippen LogP contribution in [0.5, 0.6) is 0 Å². The lowest BCUT2D eigenvalue weighted by molar-refractivity contribution is -0.870. The molecule has 0 spiro atoms. The molecule has 8 nitrogen and oxygen atoms in total. The first kappa shape index (κ1) is 81.0. The topological polar surface area (TPSA) is 105 Å². The van der Waals surface area contributed by atoms with Gasteiger partial charge in [-0.2, -0.15) is 0 Å². The first-order valence-corrected chi connectivity index (χ1v) is 38.2. The van der Waals surface area contributed by atoms with Crippen molar-refractivity contribution in [2.45, 2.75) is 398 Å². The van der Waals surface area contributed by atoms with Crippen LogP contribution in [0, 0.1) is 0 Å². The quantitative estimate of drug-likeness (QED) is 0.0243. The zero-order chi connectivity index (χ0) is 59.8. The lowest BCUT2D eigenvalue weighted by Crippen LogP contribution is -2.46. The second kappa shape index (κ2) is 64.5. The Kier molecular flexibility index (Phi) is 63.7. The maximum atomic E-state index is 13.1. The molecule has 1 amide bonds. The maximum absolute atomic E-state index is 13.1. The van der Waals surface area contributed by atoms with Crippen molar-refractivity contribution in [2.75, 3.05) is 40.9 Å². The standard InChI is InChI=1S/C73H145N2O6P/c1-6-8-10-12-14-16-18-20-22-24-26-28-30-32-34-36-37-39-40-42-44-46-48-50-52-54-56-58-60-62-64-66-72(76)71(70-81-82(78,79)80-69-68-75(3,4)5)74-73(77)67-65-63-61-59-57-55-53-51-49-47-45-43-41-38-35-33-31-29-27-25-23-21-19-17-15-13-11-9-7-2/h19,21,25,27,71-72,76H,6-18,20,22-24,26,28-70H2,1-5H3,(H-,74,77,78,79)/p+1/b21-19-,27-25-. The summed E-state index contributed by atoms with van der Waals surface area (Å²) in [5.74, 6) is -0.136. The highest BCUT2D eigenvalue weighted by Gasteiger charge is 2.28. The van der Waals surface area contributed by atoms with Crippen LogP contribution in [-0.4, -0.2) is 73.4 Å². The second-order valence-corrected chi connectivity index (χ2v) is 28.1. The predicted octanol–water partition coefficient (Wildman–Crippen LogP) is 23.4. The number of phosphoric ester groups is 1. The molecule has 488 valence electrons. The summed E-state index contributed by atoms with van der Waals surface area (Å²) < 4.78 is 23.9. The summed E-state index contributed by atoms with van der Waals surface area (Å²) in [7, 11) is 1.64. The first-order valence-electron chi connectivity index (χ1n) is 36.7. The van der Waals surface area contributed by atoms with Gasteiger partial charge in [-0.1, -0.05) is 359 Å². The van der Waals surface area contributed by atoms with Gasteiger partial charge in [0, 0.05) is 6.42 Å². The molecule has 0 fully saturated rings. The number of hydrogen-bond acceptors (Lipinski definition) is 5. The van der Waals surface area contributed by atoms with E-state index in [1.54, 1.807) is 0 Å². The van der Waals surface area contributed by atoms with Gasteiger partial charge in [-0.15, -0.1) is 0 Å². The predicted molar refractivity (Wildman–Crippen MR) is 360 cm³/mol. The second-order valence-electron chi connectivity index (χ2n) is 26.7. The van der Waals surface area contributed by atoms with Crippen LogP contribution in [0.25, 0.3) is 0 Å². The summed E-state index contributed by atoms with van der Waals surface area (Å²) in [6.07, 6.45) is 84.4. The van der Waals surface area contributed by atoms with Crippen LogP contribution in [0.4, 0.5) is 0 Å². The molecular weight excluding hydrogens is 1030 g/mol. The van der Waals surface area contributed by atoms with Gasteiger partial charge in [0.05, 0.1) is 39.9 Å². The van der Waals surface area contributed by atoms with E-state index in [9.17, 15) is 19.4 Å². The maximum Gasteiger partial charge on any atom is 0.472 e. The van der Waals surface area contributed by atoms with Crippen LogP contribution >= 0.6 is 7.82 Å². The van der Waals surface area contributed by atoms with Crippen molar-refractivity contribution in [3.05, 3.63) is 24.3 Å². The van der Waals surface area contributed by atoms with Gasteiger partial charge in [-0.05, 0) is 44.9 Å². The SMILES string of the molecule is CCCCCCC/C=C\C/C=C\CCCCCCCCCCCCCCCCCCCC(=O)NC(COP(=O)(O)OCC[N+](C)(C)C)C(O)CCCCCCCCCCCCCCCCCCCCCCCCCCCCCCCCC. The Morgan fingerprint density at radius 3 is 1.00 bits per heavy atom. The zero-order valence-electron chi connectivity index (χ0n) is 56.0. The average molecular weight is 1180 g/mol. The molecular formula is C73H146N2O6P+. The smallest absolute Gasteiger partial charge is 0.391 e. The lowest BCUT2D eigenvalue weighted by atomic mass is 10.0. The molecule has 0 heterocycles. The minimum atomic E-state index is -4.33. The molecule has 0 aromatic carbocycles. The van der Waals surface area contributed by atoms with Gasteiger partial charge in [-0.25, -0.2) is 4.57 Å². The number of amides is 1. The van der Waals surface area contributed by atoms with Crippen LogP contribution in [0.15, 0.2) is 24.3 Å². The number of carbonyl (C=O) groups excluding carboxylic acids is 1. The minimum absolute atomic E-state index is 0.0773. The van der Waals surface area contributed by atoms with E-state index in [1.807, 2.05) is 21.1 Å². The number of nitrogens with one attached hydrogen (secondary N) is 1. The largest absolute Gasteiger partial charge is 0.472 e. The van der Waals surface area contributed by atoms with Gasteiger partial charge in [0.1, 0.15) is 13.2 Å². The normalized spacial score (nSPS) is 13.7. The number of nitrogens with zero attached hydrogens (tertiary/aromatic N) is 1. The lowest BCUT2D eigenvalue weighted by Gasteiger charge is -2.26. The number of unbranched alkanes of at least 4 members (excludes halogenated alkanes) is 52. The summed E-state index contributed by atoms with van der Waals surface area (Å²) in [6, 6.07) is -0.760. The van der Waals surface area contributed by atoms with Crippen molar-refractivity contribution in [2.24, 2.45) is 0 Å². The van der Waals surface area contributed by atoms with Crippen LogP contribution in [0.1, 0.15) is 386 Å². The summed E-state index contributed by atoms with van der Waals surface area (Å²) >= 11 is 0. The van der Waals surface area contributed by atoms with Crippen molar-refractivity contribution in [1.29, 1.82) is 0 Å². The zero-order valence-corrected chi connectivity index (χ0v) is 56.9. The van der Waals surface area contributed by atoms with Crippen molar-refractivity contribution < 1.29 is 32.9 Å². The van der Waals surface area contributed by atoms with Gasteiger partial charge < -0.3 is 19.8 Å². The Morgan fingerprint density at radius 2 is 0.695 bits per heavy atom. The van der Waals surface area contributed by atoms with Crippen molar-refractivity contribution in [3.63, 3.8) is 0 Å². The third-order valence-electron chi connectivity index (χ3n) is 17.2. The Labute approximate surface area is 513 Å². The van der Waals surface area contributed by atoms with Gasteiger partial charge in [0.15, 0.2) is 0 Å². The first-order chi connectivity index (χ1) is 40.0. The Balaban J connectivity index is 3.98. The van der Waals surface area contributed by atoms with E-state index in [4.69, 9.17) is 9.05 Å². The fourth-order valence-electron chi connectivity index (χ4n) is 11.5. The van der Waals surface area contributed by atoms with E-state index in [1.165, 1.54) is 315 Å². The fourth-order valence-corrected chi connectivity index (χ4v) is 12.2. The summed E-state index contributed by atoms with van der Waals surface area (Å²) in [5.41, 5.74) is 0. The van der Waals surface area contributed by atoms with Crippen LogP contribution < -0.4 is 5.32 Å². The molecule has 0 bridgehead atoms. The van der Waals surface area contributed by atoms with E-state index >= 15 is 0 Å². The highest BCUT2D eigenvalue weighted by molar-refractivity contribution is 7.47. The van der Waals surface area contributed by atoms with Gasteiger partial charge >= 0.3 is 7.82 Å². The molecule has 0 aliphatic carbocycles. The molecule has 0 aliphatic heterocycles. The average Bonchev–Trinajstić information content (AvgIpc) is 3.47. The van der Waals surface area contributed by atoms with Crippen LogP contribution in [-0.2, 0) is 18.4 Å². The van der Waals surface area contributed by atoms with Crippen molar-refractivity contribution in [1.82, 2.24) is 5.32 Å². The molecule has 0 radical (unpaired) electrons. The number of aliphatic hydroxyl groups is 1. The molecule has 3 unspecified atom stereocenters. The highest BCUT2D eigenvalue weighted by Crippen LogP contribution is 2.43. The molecule has 0 rings (SSSR count). The number of rotatable bonds is 69. The number of likely N-dealkylation sites (N-methyl/N-ethyl adjacent to an activating group) is 1. The molecule has 3 atom stereocenters. The third-order valence-corrected chi connectivity index (χ3v) is 18.2. The van der Waals surface area contributed by atoms with Gasteiger partial charge in [0.2, 0.25) is 5.91 Å². The Hall–Kier alpha value is -1.02. The number of carbonyl (C=O) groups is 1. The number of phosphoric acid groups is 1. The Bertz CT molecular complexity index is 1390. The van der Waals surface area contributed by atoms with Crippen LogP contribution in [0.3, 0.4) is 0 Å². The third kappa shape index (κ3) is 66.5. The van der Waals surface area contributed by atoms with Gasteiger partial charge in [0.25, 0.3) is 0 Å². The molecule has 0 aromatic rings. The molecule has 82 heavy (non-hydrogen) atoms. The van der Waals surface area contributed by atoms with E-state index in [-0.39, 0.29) is 19.1 Å². The molecule has 9 heteroatoms. The number of hydrogen-bond donors (Lipinski definition) is 3. The molecule has 3 N–H and O–H groups in total. The van der Waals surface area contributed by atoms with Crippen molar-refractivity contribution >= 4 is 13.7 Å². The minimum Gasteiger partial charge on any atom is -0.391 e. The molecule has 0 saturated carbocycles. The number of allylic oxidation sites excluding steroid dienone is 4. The molecule has 0 aromatic heterocycles. The summed E-state index contributed by atoms with van der Waals surface area (Å²) in [6.45, 7) is 4.94. The number of aliphatic hydroxyl groups excluding tert-OH is 1. The Morgan fingerprint density at radius 1 is 0.415 bits per heavy atom. The summed E-state index contributed by atoms with van der Waals surface area (Å²) in [4.78, 5) is 23.5. The summed E-state index contributed by atoms with van der Waals surface area (Å²) in [5, 5.41) is 14.2. The fraction of sp³-hybridized carbons (Fsp3) is 0.932. The van der Waals surface area contributed by atoms with E-state index in [0.29, 0.717) is 23.9 Å². The molecule has 0 saturated heterocycles. The van der Waals surface area contributed by atoms with E-state index < -0.39 is 20.0 Å². The van der Waals surface area contributed by atoms with E-state index in [0.717, 1.165) is 44.9 Å².